The van der Waals surface area contributed by atoms with Gasteiger partial charge in [-0.1, -0.05) is 0 Å². The molecule has 4 rings (SSSR count). The lowest BCUT2D eigenvalue weighted by atomic mass is 9.78. The van der Waals surface area contributed by atoms with Gasteiger partial charge in [0.15, 0.2) is 0 Å². The molecule has 0 aromatic carbocycles. The molecule has 7 heteroatoms. The van der Waals surface area contributed by atoms with Gasteiger partial charge in [-0.3, -0.25) is 14.1 Å². The van der Waals surface area contributed by atoms with Crippen LogP contribution in [-0.2, 0) is 4.79 Å². The fourth-order valence-electron chi connectivity index (χ4n) is 4.06. The van der Waals surface area contributed by atoms with Crippen molar-refractivity contribution < 1.29 is 4.79 Å². The lowest BCUT2D eigenvalue weighted by Crippen LogP contribution is -2.54. The molecule has 2 aromatic heterocycles. The van der Waals surface area contributed by atoms with E-state index in [-0.39, 0.29) is 5.91 Å². The second-order valence-corrected chi connectivity index (χ2v) is 6.95. The number of hydrogen-bond acceptors (Lipinski definition) is 5. The maximum Gasteiger partial charge on any atom is 0.219 e. The third-order valence-electron chi connectivity index (χ3n) is 5.54. The van der Waals surface area contributed by atoms with Gasteiger partial charge in [0, 0.05) is 57.5 Å². The Morgan fingerprint density at radius 1 is 1.25 bits per heavy atom. The van der Waals surface area contributed by atoms with E-state index in [1.165, 1.54) is 0 Å². The molecule has 2 aliphatic rings. The maximum absolute atomic E-state index is 11.4. The fraction of sp³-hybridized carbons (Fsp3) is 0.588. The predicted octanol–water partition coefficient (Wildman–Crippen LogP) is 1.03. The maximum atomic E-state index is 11.4. The molecule has 0 radical (unpaired) electrons. The highest BCUT2D eigenvalue weighted by molar-refractivity contribution is 5.73. The molecule has 1 saturated heterocycles. The summed E-state index contributed by atoms with van der Waals surface area (Å²) >= 11 is 0. The first-order valence-electron chi connectivity index (χ1n) is 8.63. The molecule has 1 aliphatic heterocycles. The first kappa shape index (κ1) is 15.4. The fourth-order valence-corrected chi connectivity index (χ4v) is 4.06. The molecule has 2 N–H and O–H groups in total. The number of amides is 1. The molecule has 3 heterocycles. The van der Waals surface area contributed by atoms with Gasteiger partial charge in [0.2, 0.25) is 5.91 Å². The van der Waals surface area contributed by atoms with E-state index in [0.717, 1.165) is 56.1 Å². The summed E-state index contributed by atoms with van der Waals surface area (Å²) in [5.41, 5.74) is 7.89. The van der Waals surface area contributed by atoms with Gasteiger partial charge in [-0.15, -0.1) is 0 Å². The Morgan fingerprint density at radius 2 is 1.96 bits per heavy atom. The number of aryl methyl sites for hydroxylation is 1. The Morgan fingerprint density at radius 3 is 2.62 bits per heavy atom. The van der Waals surface area contributed by atoms with E-state index in [1.54, 1.807) is 13.1 Å². The zero-order valence-corrected chi connectivity index (χ0v) is 14.3. The molecular weight excluding hydrogens is 304 g/mol. The van der Waals surface area contributed by atoms with Crippen LogP contribution in [0.4, 0.5) is 5.82 Å². The van der Waals surface area contributed by atoms with Crippen molar-refractivity contribution >= 4 is 17.2 Å². The van der Waals surface area contributed by atoms with Gasteiger partial charge >= 0.3 is 0 Å². The standard InChI is InChI=1S/C17H24N6O/c1-11-15-16(18)19-3-4-23(15)17(20-11)13-9-14(10-13)22-7-5-21(6-8-22)12(2)24/h3-4,13-14H,5-10H2,1-2H3,(H2,18,19). The molecule has 24 heavy (non-hydrogen) atoms. The van der Waals surface area contributed by atoms with Crippen molar-refractivity contribution in [1.82, 2.24) is 24.2 Å². The van der Waals surface area contributed by atoms with Crippen molar-refractivity contribution in [3.8, 4) is 0 Å². The molecule has 7 nitrogen and oxygen atoms in total. The minimum atomic E-state index is 0.187. The number of anilines is 1. The van der Waals surface area contributed by atoms with Gasteiger partial charge in [0.1, 0.15) is 17.2 Å². The summed E-state index contributed by atoms with van der Waals surface area (Å²) in [5.74, 6) is 2.32. The second kappa shape index (κ2) is 5.73. The molecule has 1 amide bonds. The van der Waals surface area contributed by atoms with E-state index in [2.05, 4.69) is 14.3 Å². The minimum Gasteiger partial charge on any atom is -0.382 e. The molecule has 1 saturated carbocycles. The van der Waals surface area contributed by atoms with Gasteiger partial charge < -0.3 is 10.6 Å². The largest absolute Gasteiger partial charge is 0.382 e. The van der Waals surface area contributed by atoms with Crippen LogP contribution < -0.4 is 5.73 Å². The van der Waals surface area contributed by atoms with Gasteiger partial charge in [0.05, 0.1) is 5.69 Å². The molecule has 0 unspecified atom stereocenters. The summed E-state index contributed by atoms with van der Waals surface area (Å²) in [6, 6.07) is 0.607. The number of nitrogens with two attached hydrogens (primary N) is 1. The summed E-state index contributed by atoms with van der Waals surface area (Å²) in [4.78, 5) is 24.8. The number of piperazine rings is 1. The van der Waals surface area contributed by atoms with Crippen LogP contribution in [0.25, 0.3) is 5.52 Å². The van der Waals surface area contributed by atoms with Gasteiger partial charge in [-0.05, 0) is 19.8 Å². The zero-order chi connectivity index (χ0) is 16.8. The average molecular weight is 328 g/mol. The average Bonchev–Trinajstić information content (AvgIpc) is 2.85. The molecule has 2 aromatic rings. The molecular formula is C17H24N6O. The molecule has 2 fully saturated rings. The van der Waals surface area contributed by atoms with Crippen LogP contribution in [0.2, 0.25) is 0 Å². The van der Waals surface area contributed by atoms with Crippen LogP contribution in [0.3, 0.4) is 0 Å². The van der Waals surface area contributed by atoms with E-state index in [9.17, 15) is 4.79 Å². The number of nitrogen functional groups attached to an aromatic ring is 1. The van der Waals surface area contributed by atoms with Gasteiger partial charge in [-0.25, -0.2) is 9.97 Å². The number of carbonyl (C=O) groups is 1. The van der Waals surface area contributed by atoms with Crippen molar-refractivity contribution in [2.45, 2.75) is 38.6 Å². The highest BCUT2D eigenvalue weighted by atomic mass is 16.2. The number of imidazole rings is 1. The van der Waals surface area contributed by atoms with Crippen molar-refractivity contribution in [3.63, 3.8) is 0 Å². The molecule has 0 bridgehead atoms. The highest BCUT2D eigenvalue weighted by Crippen LogP contribution is 2.40. The number of carbonyl (C=O) groups excluding carboxylic acids is 1. The van der Waals surface area contributed by atoms with E-state index in [1.807, 2.05) is 18.0 Å². The van der Waals surface area contributed by atoms with E-state index < -0.39 is 0 Å². The second-order valence-electron chi connectivity index (χ2n) is 6.95. The number of rotatable bonds is 2. The third kappa shape index (κ3) is 2.43. The Kier molecular flexibility index (Phi) is 3.68. The van der Waals surface area contributed by atoms with Crippen molar-refractivity contribution in [1.29, 1.82) is 0 Å². The summed E-state index contributed by atoms with van der Waals surface area (Å²) in [7, 11) is 0. The van der Waals surface area contributed by atoms with Crippen molar-refractivity contribution in [2.24, 2.45) is 0 Å². The topological polar surface area (TPSA) is 79.8 Å². The van der Waals surface area contributed by atoms with Crippen LogP contribution in [0.1, 0.15) is 37.2 Å². The number of hydrogen-bond donors (Lipinski definition) is 1. The summed E-state index contributed by atoms with van der Waals surface area (Å²) in [5, 5.41) is 0. The molecule has 128 valence electrons. The lowest BCUT2D eigenvalue weighted by molar-refractivity contribution is -0.131. The lowest BCUT2D eigenvalue weighted by Gasteiger charge is -2.46. The number of nitrogens with zero attached hydrogens (tertiary/aromatic N) is 5. The van der Waals surface area contributed by atoms with Crippen LogP contribution >= 0.6 is 0 Å². The summed E-state index contributed by atoms with van der Waals surface area (Å²) in [6.45, 7) is 7.31. The van der Waals surface area contributed by atoms with Gasteiger partial charge in [-0.2, -0.15) is 0 Å². The normalized spacial score (nSPS) is 25.0. The number of fused-ring (bicyclic) bond motifs is 1. The van der Waals surface area contributed by atoms with E-state index in [4.69, 9.17) is 10.7 Å². The summed E-state index contributed by atoms with van der Waals surface area (Å²) < 4.78 is 2.10. The molecule has 0 spiro atoms. The van der Waals surface area contributed by atoms with E-state index >= 15 is 0 Å². The Labute approximate surface area is 141 Å². The smallest absolute Gasteiger partial charge is 0.219 e. The monoisotopic (exact) mass is 328 g/mol. The van der Waals surface area contributed by atoms with Crippen LogP contribution in [0.5, 0.6) is 0 Å². The predicted molar refractivity (Wildman–Crippen MR) is 91.7 cm³/mol. The van der Waals surface area contributed by atoms with E-state index in [0.29, 0.717) is 17.8 Å². The Balaban J connectivity index is 1.43. The minimum absolute atomic E-state index is 0.187. The van der Waals surface area contributed by atoms with Crippen LogP contribution in [0.15, 0.2) is 12.4 Å². The van der Waals surface area contributed by atoms with Crippen LogP contribution in [-0.4, -0.2) is 62.3 Å². The molecule has 1 aliphatic carbocycles. The van der Waals surface area contributed by atoms with Crippen molar-refractivity contribution in [3.05, 3.63) is 23.9 Å². The Bertz CT molecular complexity index is 771. The van der Waals surface area contributed by atoms with Crippen molar-refractivity contribution in [2.75, 3.05) is 31.9 Å². The highest BCUT2D eigenvalue weighted by Gasteiger charge is 2.38. The Hall–Kier alpha value is -2.15. The number of aromatic nitrogens is 3. The first-order chi connectivity index (χ1) is 11.5. The quantitative estimate of drug-likeness (QED) is 0.891. The van der Waals surface area contributed by atoms with Crippen LogP contribution in [0, 0.1) is 6.92 Å². The third-order valence-corrected chi connectivity index (χ3v) is 5.54. The SMILES string of the molecule is CC(=O)N1CCN(C2CC(c3nc(C)c4c(N)nccn34)C2)CC1. The first-order valence-corrected chi connectivity index (χ1v) is 8.63. The summed E-state index contributed by atoms with van der Waals surface area (Å²) in [6.07, 6.45) is 5.95. The molecule has 0 atom stereocenters. The zero-order valence-electron chi connectivity index (χ0n) is 14.3. The van der Waals surface area contributed by atoms with Gasteiger partial charge in [0.25, 0.3) is 0 Å².